The van der Waals surface area contributed by atoms with Crippen LogP contribution in [0.5, 0.6) is 0 Å². The fourth-order valence-electron chi connectivity index (χ4n) is 4.39. The maximum atomic E-state index is 14.2. The van der Waals surface area contributed by atoms with E-state index < -0.39 is 28.7 Å². The number of nitrogens with one attached hydrogen (secondary N) is 1. The molecule has 2 amide bonds. The minimum absolute atomic E-state index is 0.152. The van der Waals surface area contributed by atoms with Gasteiger partial charge >= 0.3 is 10.2 Å². The minimum atomic E-state index is -4.03. The van der Waals surface area contributed by atoms with Gasteiger partial charge in [0, 0.05) is 33.6 Å². The molecule has 8 nitrogen and oxygen atoms in total. The van der Waals surface area contributed by atoms with E-state index in [0.717, 1.165) is 37.3 Å². The van der Waals surface area contributed by atoms with E-state index in [1.165, 1.54) is 19.0 Å². The number of amides is 2. The Bertz CT molecular complexity index is 1380. The third kappa shape index (κ3) is 7.92. The summed E-state index contributed by atoms with van der Waals surface area (Å²) in [5.41, 5.74) is 3.76. The normalized spacial score (nSPS) is 12.2. The fourth-order valence-corrected chi connectivity index (χ4v) is 5.50. The summed E-state index contributed by atoms with van der Waals surface area (Å²) >= 11 is 0. The Kier molecular flexibility index (Phi) is 10.9. The number of hydrogen-bond donors (Lipinski definition) is 1. The van der Waals surface area contributed by atoms with Gasteiger partial charge in [0.15, 0.2) is 0 Å². The first kappa shape index (κ1) is 30.8. The van der Waals surface area contributed by atoms with E-state index in [2.05, 4.69) is 5.32 Å². The van der Waals surface area contributed by atoms with Crippen molar-refractivity contribution in [2.75, 3.05) is 31.5 Å². The highest BCUT2D eigenvalue weighted by atomic mass is 32.2. The summed E-state index contributed by atoms with van der Waals surface area (Å²) in [6.45, 7) is 5.83. The molecule has 0 heterocycles. The predicted molar refractivity (Wildman–Crippen MR) is 160 cm³/mol. The summed E-state index contributed by atoms with van der Waals surface area (Å²) in [5.74, 6) is -0.744. The zero-order chi connectivity index (χ0) is 29.3. The quantitative estimate of drug-likeness (QED) is 0.339. The summed E-state index contributed by atoms with van der Waals surface area (Å²) in [6.07, 6.45) is 1.04. The maximum Gasteiger partial charge on any atom is 0.304 e. The van der Waals surface area contributed by atoms with Crippen LogP contribution >= 0.6 is 0 Å². The van der Waals surface area contributed by atoms with Gasteiger partial charge in [-0.1, -0.05) is 79.7 Å². The molecule has 0 saturated carbocycles. The van der Waals surface area contributed by atoms with Crippen LogP contribution < -0.4 is 9.62 Å². The van der Waals surface area contributed by atoms with Crippen LogP contribution in [-0.4, -0.2) is 62.7 Å². The van der Waals surface area contributed by atoms with Gasteiger partial charge in [-0.15, -0.1) is 0 Å². The van der Waals surface area contributed by atoms with Gasteiger partial charge in [0.2, 0.25) is 11.8 Å². The Labute approximate surface area is 238 Å². The molecule has 0 aliphatic rings. The lowest BCUT2D eigenvalue weighted by Crippen LogP contribution is -2.54. The molecule has 3 aromatic rings. The van der Waals surface area contributed by atoms with Gasteiger partial charge in [-0.05, 0) is 48.6 Å². The van der Waals surface area contributed by atoms with Crippen LogP contribution in [0.2, 0.25) is 0 Å². The lowest BCUT2D eigenvalue weighted by Gasteiger charge is -2.35. The number of carbonyl (C=O) groups excluding carboxylic acids is 2. The van der Waals surface area contributed by atoms with E-state index >= 15 is 0 Å². The maximum absolute atomic E-state index is 14.2. The molecule has 214 valence electrons. The molecule has 40 heavy (non-hydrogen) atoms. The third-order valence-corrected chi connectivity index (χ3v) is 8.47. The Morgan fingerprint density at radius 1 is 0.875 bits per heavy atom. The van der Waals surface area contributed by atoms with E-state index in [-0.39, 0.29) is 12.5 Å². The molecule has 9 heteroatoms. The molecule has 1 N–H and O–H groups in total. The summed E-state index contributed by atoms with van der Waals surface area (Å²) < 4.78 is 29.3. The summed E-state index contributed by atoms with van der Waals surface area (Å²) in [5, 5.41) is 2.95. The van der Waals surface area contributed by atoms with E-state index in [9.17, 15) is 18.0 Å². The molecular weight excluding hydrogens is 524 g/mol. The van der Waals surface area contributed by atoms with Crippen LogP contribution in [0.15, 0.2) is 78.9 Å². The minimum Gasteiger partial charge on any atom is -0.354 e. The Morgan fingerprint density at radius 2 is 1.48 bits per heavy atom. The van der Waals surface area contributed by atoms with Crippen LogP contribution in [0.4, 0.5) is 5.69 Å². The highest BCUT2D eigenvalue weighted by Gasteiger charge is 2.35. The second-order valence-electron chi connectivity index (χ2n) is 10.1. The molecule has 0 spiro atoms. The molecule has 3 aromatic carbocycles. The smallest absolute Gasteiger partial charge is 0.304 e. The number of benzene rings is 3. The van der Waals surface area contributed by atoms with Gasteiger partial charge in [-0.2, -0.15) is 12.7 Å². The number of hydrogen-bond acceptors (Lipinski definition) is 4. The second-order valence-corrected chi connectivity index (χ2v) is 12.2. The molecule has 0 radical (unpaired) electrons. The number of anilines is 1. The zero-order valence-electron chi connectivity index (χ0n) is 24.0. The van der Waals surface area contributed by atoms with Gasteiger partial charge < -0.3 is 10.2 Å². The second kappa shape index (κ2) is 14.1. The molecule has 0 aromatic heterocycles. The van der Waals surface area contributed by atoms with Gasteiger partial charge in [-0.25, -0.2) is 4.31 Å². The average molecular weight is 565 g/mol. The van der Waals surface area contributed by atoms with Crippen molar-refractivity contribution in [1.29, 1.82) is 0 Å². The van der Waals surface area contributed by atoms with Crippen molar-refractivity contribution in [1.82, 2.24) is 14.5 Å². The molecule has 3 rings (SSSR count). The number of carbonyl (C=O) groups is 2. The number of aryl methyl sites for hydroxylation is 2. The van der Waals surface area contributed by atoms with Crippen molar-refractivity contribution in [2.45, 2.75) is 46.2 Å². The van der Waals surface area contributed by atoms with Crippen LogP contribution in [0.3, 0.4) is 0 Å². The van der Waals surface area contributed by atoms with Crippen LogP contribution in [0.25, 0.3) is 0 Å². The zero-order valence-corrected chi connectivity index (χ0v) is 24.8. The van der Waals surface area contributed by atoms with Crippen LogP contribution in [-0.2, 0) is 32.8 Å². The highest BCUT2D eigenvalue weighted by molar-refractivity contribution is 7.90. The molecule has 0 unspecified atom stereocenters. The van der Waals surface area contributed by atoms with Gasteiger partial charge in [0.1, 0.15) is 12.6 Å². The summed E-state index contributed by atoms with van der Waals surface area (Å²) in [6, 6.07) is 23.6. The predicted octanol–water partition coefficient (Wildman–Crippen LogP) is 4.08. The topological polar surface area (TPSA) is 90.0 Å². The van der Waals surface area contributed by atoms with E-state index in [4.69, 9.17) is 0 Å². The molecule has 0 aliphatic heterocycles. The number of rotatable bonds is 13. The number of nitrogens with zero attached hydrogens (tertiary/aromatic N) is 3. The van der Waals surface area contributed by atoms with Crippen LogP contribution in [0, 0.1) is 13.8 Å². The molecule has 0 bridgehead atoms. The Balaban J connectivity index is 2.09. The van der Waals surface area contributed by atoms with Crippen molar-refractivity contribution >= 4 is 27.7 Å². The standard InChI is InChI=1S/C31H40N4O4S/c1-6-19-32-31(37)29(21-26-13-9-7-10-14-26)34(22-27-15-11-8-12-16-27)30(36)23-35(40(38,39)33(4)5)28-20-24(2)17-18-25(28)3/h7-18,20,29H,6,19,21-23H2,1-5H3,(H,32,37)/t29-/m1/s1. The highest BCUT2D eigenvalue weighted by Crippen LogP contribution is 2.26. The van der Waals surface area contributed by atoms with E-state index in [1.807, 2.05) is 93.6 Å². The van der Waals surface area contributed by atoms with Crippen molar-refractivity contribution in [3.05, 3.63) is 101 Å². The third-order valence-electron chi connectivity index (χ3n) is 6.67. The Morgan fingerprint density at radius 3 is 2.05 bits per heavy atom. The summed E-state index contributed by atoms with van der Waals surface area (Å²) in [4.78, 5) is 29.3. The van der Waals surface area contributed by atoms with Crippen molar-refractivity contribution in [3.63, 3.8) is 0 Å². The van der Waals surface area contributed by atoms with Crippen LogP contribution in [0.1, 0.15) is 35.6 Å². The molecule has 0 aliphatic carbocycles. The van der Waals surface area contributed by atoms with Crippen molar-refractivity contribution < 1.29 is 18.0 Å². The van der Waals surface area contributed by atoms with E-state index in [0.29, 0.717) is 18.7 Å². The van der Waals surface area contributed by atoms with Gasteiger partial charge in [0.05, 0.1) is 5.69 Å². The molecular formula is C31H40N4O4S. The Hall–Kier alpha value is -3.69. The SMILES string of the molecule is CCCNC(=O)[C@@H](Cc1ccccc1)N(Cc1ccccc1)C(=O)CN(c1cc(C)ccc1C)S(=O)(=O)N(C)C. The first-order valence-electron chi connectivity index (χ1n) is 13.5. The molecule has 1 atom stereocenters. The average Bonchev–Trinajstić information content (AvgIpc) is 2.94. The monoisotopic (exact) mass is 564 g/mol. The lowest BCUT2D eigenvalue weighted by molar-refractivity contribution is -0.140. The largest absolute Gasteiger partial charge is 0.354 e. The molecule has 0 fully saturated rings. The summed E-state index contributed by atoms with van der Waals surface area (Å²) in [7, 11) is -1.15. The lowest BCUT2D eigenvalue weighted by atomic mass is 10.0. The van der Waals surface area contributed by atoms with Crippen molar-refractivity contribution in [3.8, 4) is 0 Å². The van der Waals surface area contributed by atoms with Crippen molar-refractivity contribution in [2.24, 2.45) is 0 Å². The molecule has 0 saturated heterocycles. The first-order chi connectivity index (χ1) is 19.0. The fraction of sp³-hybridized carbons (Fsp3) is 0.355. The van der Waals surface area contributed by atoms with Gasteiger partial charge in [0.25, 0.3) is 0 Å². The first-order valence-corrected chi connectivity index (χ1v) is 14.9. The van der Waals surface area contributed by atoms with E-state index in [1.54, 1.807) is 6.07 Å². The van der Waals surface area contributed by atoms with Gasteiger partial charge in [-0.3, -0.25) is 9.59 Å².